The minimum atomic E-state index is -0.714. The molecule has 0 aliphatic rings. The molecule has 2 rings (SSSR count). The Kier molecular flexibility index (Phi) is 6.20. The van der Waals surface area contributed by atoms with E-state index in [9.17, 15) is 14.9 Å². The van der Waals surface area contributed by atoms with E-state index in [0.717, 1.165) is 5.56 Å². The molecule has 0 heterocycles. The Morgan fingerprint density at radius 1 is 1.19 bits per heavy atom. The SMILES string of the molecule is Cc1cc(O[C@H](C)C(=O)N(Cc2ccccc2)C(C)(C)C)ccc1[N+](=O)[O-]. The van der Waals surface area contributed by atoms with Crippen LogP contribution in [0.2, 0.25) is 0 Å². The molecule has 2 aromatic rings. The third-order valence-electron chi connectivity index (χ3n) is 4.28. The Labute approximate surface area is 159 Å². The highest BCUT2D eigenvalue weighted by Gasteiger charge is 2.31. The lowest BCUT2D eigenvalue weighted by Gasteiger charge is -2.37. The summed E-state index contributed by atoms with van der Waals surface area (Å²) in [6.07, 6.45) is -0.714. The highest BCUT2D eigenvalue weighted by Crippen LogP contribution is 2.25. The van der Waals surface area contributed by atoms with Gasteiger partial charge >= 0.3 is 0 Å². The van der Waals surface area contributed by atoms with E-state index in [0.29, 0.717) is 17.9 Å². The van der Waals surface area contributed by atoms with Crippen LogP contribution in [0.15, 0.2) is 48.5 Å². The van der Waals surface area contributed by atoms with Gasteiger partial charge in [0.2, 0.25) is 0 Å². The number of nitro groups is 1. The number of carbonyl (C=O) groups excluding carboxylic acids is 1. The molecule has 0 bridgehead atoms. The van der Waals surface area contributed by atoms with Gasteiger partial charge in [-0.1, -0.05) is 30.3 Å². The van der Waals surface area contributed by atoms with Crippen LogP contribution < -0.4 is 4.74 Å². The number of rotatable bonds is 6. The summed E-state index contributed by atoms with van der Waals surface area (Å²) >= 11 is 0. The Bertz CT molecular complexity index is 813. The molecule has 144 valence electrons. The Morgan fingerprint density at radius 2 is 1.81 bits per heavy atom. The summed E-state index contributed by atoms with van der Waals surface area (Å²) in [4.78, 5) is 25.3. The van der Waals surface area contributed by atoms with Crippen molar-refractivity contribution in [2.24, 2.45) is 0 Å². The number of ether oxygens (including phenoxy) is 1. The lowest BCUT2D eigenvalue weighted by Crippen LogP contribution is -2.50. The van der Waals surface area contributed by atoms with Crippen LogP contribution in [-0.2, 0) is 11.3 Å². The zero-order chi connectivity index (χ0) is 20.2. The number of benzene rings is 2. The first kappa shape index (κ1) is 20.4. The van der Waals surface area contributed by atoms with E-state index in [2.05, 4.69) is 0 Å². The lowest BCUT2D eigenvalue weighted by atomic mass is 10.0. The molecular formula is C21H26N2O4. The first-order valence-corrected chi connectivity index (χ1v) is 8.86. The Morgan fingerprint density at radius 3 is 2.33 bits per heavy atom. The molecule has 0 aliphatic carbocycles. The van der Waals surface area contributed by atoms with E-state index in [1.54, 1.807) is 24.8 Å². The summed E-state index contributed by atoms with van der Waals surface area (Å²) in [6.45, 7) is 9.77. The summed E-state index contributed by atoms with van der Waals surface area (Å²) < 4.78 is 5.79. The van der Waals surface area contributed by atoms with Crippen molar-refractivity contribution in [2.75, 3.05) is 0 Å². The van der Waals surface area contributed by atoms with E-state index in [-0.39, 0.29) is 17.1 Å². The summed E-state index contributed by atoms with van der Waals surface area (Å²) in [6, 6.07) is 14.3. The zero-order valence-corrected chi connectivity index (χ0v) is 16.4. The van der Waals surface area contributed by atoms with Gasteiger partial charge < -0.3 is 9.64 Å². The Hall–Kier alpha value is -2.89. The maximum absolute atomic E-state index is 13.1. The van der Waals surface area contributed by atoms with Crippen LogP contribution in [-0.4, -0.2) is 27.4 Å². The van der Waals surface area contributed by atoms with E-state index >= 15 is 0 Å². The molecule has 1 amide bonds. The molecule has 0 unspecified atom stereocenters. The van der Waals surface area contributed by atoms with E-state index in [4.69, 9.17) is 4.74 Å². The van der Waals surface area contributed by atoms with Gasteiger partial charge in [0, 0.05) is 23.7 Å². The summed E-state index contributed by atoms with van der Waals surface area (Å²) in [5, 5.41) is 10.9. The molecule has 0 saturated carbocycles. The van der Waals surface area contributed by atoms with Crippen molar-refractivity contribution in [1.82, 2.24) is 4.90 Å². The van der Waals surface area contributed by atoms with Crippen LogP contribution >= 0.6 is 0 Å². The largest absolute Gasteiger partial charge is 0.481 e. The minimum absolute atomic E-state index is 0.0294. The first-order valence-electron chi connectivity index (χ1n) is 8.86. The molecule has 6 heteroatoms. The molecule has 2 aromatic carbocycles. The van der Waals surface area contributed by atoms with Crippen LogP contribution in [0.25, 0.3) is 0 Å². The molecule has 0 N–H and O–H groups in total. The number of carbonyl (C=O) groups is 1. The normalized spacial score (nSPS) is 12.3. The average Bonchev–Trinajstić information content (AvgIpc) is 2.58. The van der Waals surface area contributed by atoms with Crippen LogP contribution in [0.4, 0.5) is 5.69 Å². The molecule has 0 radical (unpaired) electrons. The molecule has 0 fully saturated rings. The number of hydrogen-bond donors (Lipinski definition) is 0. The Balaban J connectivity index is 2.17. The second kappa shape index (κ2) is 8.20. The van der Waals surface area contributed by atoms with E-state index in [1.807, 2.05) is 51.1 Å². The van der Waals surface area contributed by atoms with Crippen LogP contribution in [0.1, 0.15) is 38.8 Å². The highest BCUT2D eigenvalue weighted by atomic mass is 16.6. The second-order valence-corrected chi connectivity index (χ2v) is 7.55. The molecule has 27 heavy (non-hydrogen) atoms. The average molecular weight is 370 g/mol. The predicted molar refractivity (Wildman–Crippen MR) is 105 cm³/mol. The molecule has 0 aromatic heterocycles. The number of amides is 1. The van der Waals surface area contributed by atoms with Crippen LogP contribution in [0.5, 0.6) is 5.75 Å². The summed E-state index contributed by atoms with van der Waals surface area (Å²) in [7, 11) is 0. The summed E-state index contributed by atoms with van der Waals surface area (Å²) in [5.41, 5.74) is 1.19. The van der Waals surface area contributed by atoms with Crippen molar-refractivity contribution in [1.29, 1.82) is 0 Å². The molecule has 0 saturated heterocycles. The maximum Gasteiger partial charge on any atom is 0.272 e. The van der Waals surface area contributed by atoms with Crippen molar-refractivity contribution in [2.45, 2.75) is 52.8 Å². The van der Waals surface area contributed by atoms with Crippen LogP contribution in [0, 0.1) is 17.0 Å². The first-order chi connectivity index (χ1) is 12.6. The van der Waals surface area contributed by atoms with Gasteiger partial charge in [-0.15, -0.1) is 0 Å². The topological polar surface area (TPSA) is 72.7 Å². The smallest absolute Gasteiger partial charge is 0.272 e. The van der Waals surface area contributed by atoms with Crippen molar-refractivity contribution >= 4 is 11.6 Å². The fraction of sp³-hybridized carbons (Fsp3) is 0.381. The van der Waals surface area contributed by atoms with Crippen molar-refractivity contribution in [3.63, 3.8) is 0 Å². The third-order valence-corrected chi connectivity index (χ3v) is 4.28. The number of nitro benzene ring substituents is 1. The third kappa shape index (κ3) is 5.29. The van der Waals surface area contributed by atoms with Crippen molar-refractivity contribution in [3.05, 3.63) is 69.8 Å². The monoisotopic (exact) mass is 370 g/mol. The van der Waals surface area contributed by atoms with Gasteiger partial charge in [0.25, 0.3) is 11.6 Å². The minimum Gasteiger partial charge on any atom is -0.481 e. The molecular weight excluding hydrogens is 344 g/mol. The lowest BCUT2D eigenvalue weighted by molar-refractivity contribution is -0.385. The molecule has 1 atom stereocenters. The van der Waals surface area contributed by atoms with E-state index < -0.39 is 11.0 Å². The molecule has 0 spiro atoms. The van der Waals surface area contributed by atoms with Gasteiger partial charge in [-0.2, -0.15) is 0 Å². The highest BCUT2D eigenvalue weighted by molar-refractivity contribution is 5.81. The quantitative estimate of drug-likeness (QED) is 0.554. The fourth-order valence-corrected chi connectivity index (χ4v) is 2.79. The summed E-state index contributed by atoms with van der Waals surface area (Å²) in [5.74, 6) is 0.301. The van der Waals surface area contributed by atoms with E-state index in [1.165, 1.54) is 12.1 Å². The maximum atomic E-state index is 13.1. The van der Waals surface area contributed by atoms with Gasteiger partial charge in [0.1, 0.15) is 5.75 Å². The number of aryl methyl sites for hydroxylation is 1. The van der Waals surface area contributed by atoms with Gasteiger partial charge in [-0.05, 0) is 52.3 Å². The molecule has 6 nitrogen and oxygen atoms in total. The van der Waals surface area contributed by atoms with Gasteiger partial charge in [-0.25, -0.2) is 0 Å². The van der Waals surface area contributed by atoms with Crippen LogP contribution in [0.3, 0.4) is 0 Å². The van der Waals surface area contributed by atoms with Gasteiger partial charge in [-0.3, -0.25) is 14.9 Å². The molecule has 0 aliphatic heterocycles. The van der Waals surface area contributed by atoms with Gasteiger partial charge in [0.15, 0.2) is 6.10 Å². The van der Waals surface area contributed by atoms with Crippen molar-refractivity contribution in [3.8, 4) is 5.75 Å². The predicted octanol–water partition coefficient (Wildman–Crippen LogP) is 4.50. The zero-order valence-electron chi connectivity index (χ0n) is 16.4. The second-order valence-electron chi connectivity index (χ2n) is 7.55. The standard InChI is InChI=1S/C21H26N2O4/c1-15-13-18(11-12-19(15)23(25)26)27-16(2)20(24)22(21(3,4)5)14-17-9-7-6-8-10-17/h6-13,16H,14H2,1-5H3/t16-/m1/s1. The fourth-order valence-electron chi connectivity index (χ4n) is 2.79. The van der Waals surface area contributed by atoms with Crippen molar-refractivity contribution < 1.29 is 14.5 Å². The number of hydrogen-bond acceptors (Lipinski definition) is 4. The number of nitrogens with zero attached hydrogens (tertiary/aromatic N) is 2. The van der Waals surface area contributed by atoms with Gasteiger partial charge in [0.05, 0.1) is 4.92 Å².